The topological polar surface area (TPSA) is 124 Å². The van der Waals surface area contributed by atoms with Crippen molar-refractivity contribution >= 4 is 16.0 Å². The van der Waals surface area contributed by atoms with Gasteiger partial charge in [0.1, 0.15) is 6.10 Å². The third kappa shape index (κ3) is 31.6. The second-order valence-corrected chi connectivity index (χ2v) is 15.2. The Labute approximate surface area is 284 Å². The van der Waals surface area contributed by atoms with Gasteiger partial charge in [-0.3, -0.25) is 9.35 Å². The summed E-state index contributed by atoms with van der Waals surface area (Å²) >= 11 is 0. The summed E-state index contributed by atoms with van der Waals surface area (Å²) in [5.41, 5.74) is 0. The Bertz CT molecular complexity index is 803. The summed E-state index contributed by atoms with van der Waals surface area (Å²) in [4.78, 5) is 12.5. The number of amides is 1. The summed E-state index contributed by atoms with van der Waals surface area (Å²) < 4.78 is 32.4. The van der Waals surface area contributed by atoms with Crippen LogP contribution in [0.5, 0.6) is 0 Å². The highest BCUT2D eigenvalue weighted by molar-refractivity contribution is 7.85. The SMILES string of the molecule is CCCCCCCCCCCCCCCCCC/C=C/C(O)C(CS(=O)(=O)O)NC(=O)C(O)CCCCCCCCCCCCC. The first-order valence-corrected chi connectivity index (χ1v) is 21.1. The molecule has 4 N–H and O–H groups in total. The van der Waals surface area contributed by atoms with E-state index in [-0.39, 0.29) is 6.42 Å². The third-order valence-electron chi connectivity index (χ3n) is 9.07. The maximum atomic E-state index is 12.5. The van der Waals surface area contributed by atoms with E-state index in [0.717, 1.165) is 38.5 Å². The first kappa shape index (κ1) is 45.0. The van der Waals surface area contributed by atoms with Gasteiger partial charge in [0.25, 0.3) is 10.1 Å². The van der Waals surface area contributed by atoms with Crippen molar-refractivity contribution in [2.75, 3.05) is 5.75 Å². The van der Waals surface area contributed by atoms with Crippen LogP contribution >= 0.6 is 0 Å². The van der Waals surface area contributed by atoms with E-state index in [4.69, 9.17) is 0 Å². The van der Waals surface area contributed by atoms with Gasteiger partial charge in [-0.2, -0.15) is 8.42 Å². The molecule has 0 aliphatic rings. The third-order valence-corrected chi connectivity index (χ3v) is 9.85. The van der Waals surface area contributed by atoms with Crippen LogP contribution in [-0.4, -0.2) is 53.1 Å². The van der Waals surface area contributed by atoms with Crippen LogP contribution in [0.1, 0.15) is 200 Å². The number of allylic oxidation sites excluding steroid dienone is 1. The van der Waals surface area contributed by atoms with Crippen LogP contribution in [0.15, 0.2) is 12.2 Å². The molecule has 0 heterocycles. The lowest BCUT2D eigenvalue weighted by Crippen LogP contribution is -2.50. The van der Waals surface area contributed by atoms with Crippen LogP contribution in [0.2, 0.25) is 0 Å². The van der Waals surface area contributed by atoms with Gasteiger partial charge in [-0.05, 0) is 19.3 Å². The molecule has 0 aromatic carbocycles. The summed E-state index contributed by atoms with van der Waals surface area (Å²) in [6, 6.07) is -1.23. The average Bonchev–Trinajstić information content (AvgIpc) is 3.01. The van der Waals surface area contributed by atoms with Gasteiger partial charge in [0, 0.05) is 0 Å². The van der Waals surface area contributed by atoms with Gasteiger partial charge in [-0.25, -0.2) is 0 Å². The number of carbonyl (C=O) groups excluding carboxylic acids is 1. The summed E-state index contributed by atoms with van der Waals surface area (Å²) in [6.07, 6.45) is 35.5. The molecule has 8 heteroatoms. The molecule has 0 radical (unpaired) electrons. The molecule has 0 saturated carbocycles. The van der Waals surface area contributed by atoms with Gasteiger partial charge in [-0.15, -0.1) is 0 Å². The van der Waals surface area contributed by atoms with Crippen molar-refractivity contribution in [1.82, 2.24) is 5.32 Å². The Hall–Kier alpha value is -0.960. The Morgan fingerprint density at radius 3 is 1.30 bits per heavy atom. The Morgan fingerprint density at radius 2 is 0.935 bits per heavy atom. The predicted molar refractivity (Wildman–Crippen MR) is 195 cm³/mol. The van der Waals surface area contributed by atoms with E-state index in [9.17, 15) is 28.0 Å². The van der Waals surface area contributed by atoms with E-state index in [1.54, 1.807) is 6.08 Å². The van der Waals surface area contributed by atoms with E-state index >= 15 is 0 Å². The van der Waals surface area contributed by atoms with Gasteiger partial charge in [0.15, 0.2) is 0 Å². The van der Waals surface area contributed by atoms with Crippen LogP contribution < -0.4 is 5.32 Å². The Balaban J connectivity index is 4.04. The minimum Gasteiger partial charge on any atom is -0.387 e. The molecule has 46 heavy (non-hydrogen) atoms. The van der Waals surface area contributed by atoms with Crippen LogP contribution in [0.4, 0.5) is 0 Å². The fourth-order valence-corrected chi connectivity index (χ4v) is 6.78. The average molecular weight is 674 g/mol. The molecule has 0 spiro atoms. The second-order valence-electron chi connectivity index (χ2n) is 13.7. The van der Waals surface area contributed by atoms with Gasteiger partial charge >= 0.3 is 0 Å². The normalized spacial score (nSPS) is 14.1. The summed E-state index contributed by atoms with van der Waals surface area (Å²) in [5.74, 6) is -1.53. The summed E-state index contributed by atoms with van der Waals surface area (Å²) in [7, 11) is -4.43. The maximum absolute atomic E-state index is 12.5. The zero-order valence-electron chi connectivity index (χ0n) is 30.1. The lowest BCUT2D eigenvalue weighted by atomic mass is 10.0. The Morgan fingerprint density at radius 1 is 0.587 bits per heavy atom. The number of unbranched alkanes of at least 4 members (excludes halogenated alkanes) is 26. The molecule has 0 saturated heterocycles. The number of hydrogen-bond donors (Lipinski definition) is 4. The van der Waals surface area contributed by atoms with E-state index in [1.807, 2.05) is 0 Å². The first-order chi connectivity index (χ1) is 22.2. The lowest BCUT2D eigenvalue weighted by Gasteiger charge is -2.22. The number of aliphatic hydroxyl groups excluding tert-OH is 2. The highest BCUT2D eigenvalue weighted by Crippen LogP contribution is 2.15. The van der Waals surface area contributed by atoms with Crippen LogP contribution in [0, 0.1) is 0 Å². The number of hydrogen-bond acceptors (Lipinski definition) is 5. The van der Waals surface area contributed by atoms with Gasteiger partial charge in [0.05, 0.1) is 17.9 Å². The van der Waals surface area contributed by atoms with E-state index in [2.05, 4.69) is 19.2 Å². The molecular weight excluding hydrogens is 598 g/mol. The highest BCUT2D eigenvalue weighted by Gasteiger charge is 2.27. The molecule has 3 atom stereocenters. The lowest BCUT2D eigenvalue weighted by molar-refractivity contribution is -0.130. The molecular formula is C38H75NO6S. The van der Waals surface area contributed by atoms with Crippen molar-refractivity contribution in [3.63, 3.8) is 0 Å². The predicted octanol–water partition coefficient (Wildman–Crippen LogP) is 9.99. The smallest absolute Gasteiger partial charge is 0.267 e. The van der Waals surface area contributed by atoms with Crippen molar-refractivity contribution in [3.05, 3.63) is 12.2 Å². The van der Waals surface area contributed by atoms with Crippen molar-refractivity contribution in [1.29, 1.82) is 0 Å². The van der Waals surface area contributed by atoms with Crippen LogP contribution in [-0.2, 0) is 14.9 Å². The zero-order chi connectivity index (χ0) is 34.1. The molecule has 3 unspecified atom stereocenters. The number of carbonyl (C=O) groups is 1. The molecule has 0 fully saturated rings. The summed E-state index contributed by atoms with van der Waals surface area (Å²) in [6.45, 7) is 4.49. The molecule has 1 amide bonds. The van der Waals surface area contributed by atoms with Gasteiger partial charge in [0.2, 0.25) is 5.91 Å². The van der Waals surface area contributed by atoms with Crippen LogP contribution in [0.25, 0.3) is 0 Å². The monoisotopic (exact) mass is 674 g/mol. The minimum absolute atomic E-state index is 0.284. The molecule has 0 aliphatic heterocycles. The van der Waals surface area contributed by atoms with Crippen molar-refractivity contribution in [2.24, 2.45) is 0 Å². The van der Waals surface area contributed by atoms with Crippen molar-refractivity contribution in [3.8, 4) is 0 Å². The molecule has 7 nitrogen and oxygen atoms in total. The first-order valence-electron chi connectivity index (χ1n) is 19.5. The second kappa shape index (κ2) is 32.6. The quantitative estimate of drug-likeness (QED) is 0.0302. The fraction of sp³-hybridized carbons (Fsp3) is 0.921. The van der Waals surface area contributed by atoms with Crippen LogP contribution in [0.3, 0.4) is 0 Å². The number of aliphatic hydroxyl groups is 2. The largest absolute Gasteiger partial charge is 0.387 e. The Kier molecular flexibility index (Phi) is 31.9. The molecule has 0 aromatic rings. The van der Waals surface area contributed by atoms with Gasteiger partial charge < -0.3 is 15.5 Å². The highest BCUT2D eigenvalue weighted by atomic mass is 32.2. The fourth-order valence-electron chi connectivity index (χ4n) is 6.04. The summed E-state index contributed by atoms with van der Waals surface area (Å²) in [5, 5.41) is 23.3. The van der Waals surface area contributed by atoms with E-state index in [1.165, 1.54) is 141 Å². The molecule has 0 rings (SSSR count). The molecule has 0 aromatic heterocycles. The van der Waals surface area contributed by atoms with E-state index < -0.39 is 40.0 Å². The van der Waals surface area contributed by atoms with E-state index in [0.29, 0.717) is 6.42 Å². The standard InChI is InChI=1S/C38H75NO6S/c1-3-5-7-9-11-13-15-16-17-18-19-20-21-23-24-26-28-30-32-36(40)35(34-46(43,44)45)39-38(42)37(41)33-31-29-27-25-22-14-12-10-8-6-4-2/h30,32,35-37,40-41H,3-29,31,33-34H2,1-2H3,(H,39,42)(H,43,44,45)/b32-30+. The van der Waals surface area contributed by atoms with Gasteiger partial charge in [-0.1, -0.05) is 193 Å². The zero-order valence-corrected chi connectivity index (χ0v) is 30.9. The molecule has 0 aliphatic carbocycles. The molecule has 274 valence electrons. The number of rotatable bonds is 35. The maximum Gasteiger partial charge on any atom is 0.267 e. The van der Waals surface area contributed by atoms with Crippen molar-refractivity contribution in [2.45, 2.75) is 218 Å². The number of nitrogens with one attached hydrogen (secondary N) is 1. The van der Waals surface area contributed by atoms with Crippen molar-refractivity contribution < 1.29 is 28.0 Å². The minimum atomic E-state index is -4.43. The molecule has 0 bridgehead atoms.